The van der Waals surface area contributed by atoms with Crippen LogP contribution in [0.25, 0.3) is 10.9 Å². The van der Waals surface area contributed by atoms with E-state index in [1.54, 1.807) is 14.0 Å². The lowest BCUT2D eigenvalue weighted by molar-refractivity contribution is 0.0600. The van der Waals surface area contributed by atoms with Crippen molar-refractivity contribution in [1.82, 2.24) is 9.97 Å². The van der Waals surface area contributed by atoms with Crippen LogP contribution in [-0.4, -0.2) is 30.2 Å². The van der Waals surface area contributed by atoms with Gasteiger partial charge in [0.2, 0.25) is 0 Å². The lowest BCUT2D eigenvalue weighted by Crippen LogP contribution is -2.08. The van der Waals surface area contributed by atoms with Crippen LogP contribution >= 0.6 is 0 Å². The molecule has 1 aromatic heterocycles. The number of benzene rings is 2. The number of hydrogen-bond donors (Lipinski definition) is 1. The minimum absolute atomic E-state index is 0.152. The molecule has 0 atom stereocenters. The van der Waals surface area contributed by atoms with Crippen molar-refractivity contribution in [2.24, 2.45) is 0 Å². The molecule has 0 aliphatic carbocycles. The van der Waals surface area contributed by atoms with Gasteiger partial charge in [0, 0.05) is 17.5 Å². The maximum Gasteiger partial charge on any atom is 0.337 e. The fourth-order valence-corrected chi connectivity index (χ4v) is 2.62. The van der Waals surface area contributed by atoms with Crippen molar-refractivity contribution in [3.8, 4) is 5.75 Å². The average molecular weight is 355 g/mol. The van der Waals surface area contributed by atoms with Crippen LogP contribution in [0.15, 0.2) is 36.4 Å². The van der Waals surface area contributed by atoms with E-state index < -0.39 is 11.8 Å². The topological polar surface area (TPSA) is 73.3 Å². The van der Waals surface area contributed by atoms with Crippen LogP contribution in [0.2, 0.25) is 0 Å². The summed E-state index contributed by atoms with van der Waals surface area (Å²) in [4.78, 5) is 20.4. The van der Waals surface area contributed by atoms with Gasteiger partial charge in [-0.05, 0) is 43.3 Å². The number of ether oxygens (including phenoxy) is 2. The lowest BCUT2D eigenvalue weighted by atomic mass is 10.1. The van der Waals surface area contributed by atoms with Gasteiger partial charge in [0.1, 0.15) is 23.2 Å². The molecular formula is C19H18FN3O3. The van der Waals surface area contributed by atoms with Crippen LogP contribution in [0, 0.1) is 12.7 Å². The fraction of sp³-hybridized carbons (Fsp3) is 0.211. The molecule has 1 heterocycles. The minimum Gasteiger partial charge on any atom is -0.497 e. The second-order valence-corrected chi connectivity index (χ2v) is 5.65. The third-order valence-corrected chi connectivity index (χ3v) is 3.93. The average Bonchev–Trinajstić information content (AvgIpc) is 2.66. The highest BCUT2D eigenvalue weighted by atomic mass is 19.1. The van der Waals surface area contributed by atoms with Crippen molar-refractivity contribution >= 4 is 22.7 Å². The zero-order valence-corrected chi connectivity index (χ0v) is 14.7. The number of fused-ring (bicyclic) bond motifs is 1. The Balaban J connectivity index is 1.93. The highest BCUT2D eigenvalue weighted by molar-refractivity contribution is 5.91. The molecule has 2 aromatic carbocycles. The van der Waals surface area contributed by atoms with E-state index in [1.807, 2.05) is 18.2 Å². The van der Waals surface area contributed by atoms with E-state index in [4.69, 9.17) is 4.74 Å². The van der Waals surface area contributed by atoms with Gasteiger partial charge in [0.05, 0.1) is 25.3 Å². The summed E-state index contributed by atoms with van der Waals surface area (Å²) in [5, 5.41) is 3.89. The number of carbonyl (C=O) groups is 1. The van der Waals surface area contributed by atoms with Crippen molar-refractivity contribution in [3.05, 3.63) is 59.2 Å². The Labute approximate surface area is 150 Å². The fourth-order valence-electron chi connectivity index (χ4n) is 2.62. The van der Waals surface area contributed by atoms with E-state index in [0.717, 1.165) is 10.9 Å². The van der Waals surface area contributed by atoms with Gasteiger partial charge in [-0.3, -0.25) is 0 Å². The van der Waals surface area contributed by atoms with Crippen LogP contribution in [0.4, 0.5) is 10.2 Å². The smallest absolute Gasteiger partial charge is 0.337 e. The first-order chi connectivity index (χ1) is 12.5. The Morgan fingerprint density at radius 1 is 1.15 bits per heavy atom. The van der Waals surface area contributed by atoms with Crippen LogP contribution in [0.5, 0.6) is 5.75 Å². The molecule has 0 fully saturated rings. The van der Waals surface area contributed by atoms with E-state index in [9.17, 15) is 9.18 Å². The normalized spacial score (nSPS) is 10.6. The van der Waals surface area contributed by atoms with E-state index in [0.29, 0.717) is 23.0 Å². The number of methoxy groups -OCH3 is 2. The number of hydrogen-bond acceptors (Lipinski definition) is 6. The summed E-state index contributed by atoms with van der Waals surface area (Å²) in [7, 11) is 2.86. The monoisotopic (exact) mass is 355 g/mol. The molecule has 7 heteroatoms. The molecular weight excluding hydrogens is 337 g/mol. The number of aryl methyl sites for hydroxylation is 1. The summed E-state index contributed by atoms with van der Waals surface area (Å²) < 4.78 is 24.0. The van der Waals surface area contributed by atoms with Gasteiger partial charge in [-0.15, -0.1) is 0 Å². The van der Waals surface area contributed by atoms with Gasteiger partial charge < -0.3 is 14.8 Å². The Kier molecular flexibility index (Phi) is 4.97. The summed E-state index contributed by atoms with van der Waals surface area (Å²) >= 11 is 0. The van der Waals surface area contributed by atoms with Gasteiger partial charge in [0.15, 0.2) is 0 Å². The zero-order chi connectivity index (χ0) is 18.7. The highest BCUT2D eigenvalue weighted by Gasteiger charge is 2.12. The van der Waals surface area contributed by atoms with Crippen molar-refractivity contribution in [2.75, 3.05) is 19.5 Å². The number of carbonyl (C=O) groups excluding carboxylic acids is 1. The molecule has 0 spiro atoms. The van der Waals surface area contributed by atoms with Gasteiger partial charge in [0.25, 0.3) is 0 Å². The van der Waals surface area contributed by atoms with E-state index in [-0.39, 0.29) is 12.1 Å². The number of nitrogens with one attached hydrogen (secondary N) is 1. The number of rotatable bonds is 5. The second-order valence-electron chi connectivity index (χ2n) is 5.65. The molecule has 26 heavy (non-hydrogen) atoms. The number of halogens is 1. The first kappa shape index (κ1) is 17.6. The maximum absolute atomic E-state index is 14.1. The third kappa shape index (κ3) is 3.56. The molecule has 0 saturated carbocycles. The Bertz CT molecular complexity index is 976. The number of anilines is 1. The Hall–Kier alpha value is -3.22. The van der Waals surface area contributed by atoms with Gasteiger partial charge in [-0.2, -0.15) is 0 Å². The zero-order valence-electron chi connectivity index (χ0n) is 14.7. The van der Waals surface area contributed by atoms with Crippen molar-refractivity contribution in [1.29, 1.82) is 0 Å². The summed E-state index contributed by atoms with van der Waals surface area (Å²) in [5.41, 5.74) is 1.38. The molecule has 0 aliphatic heterocycles. The lowest BCUT2D eigenvalue weighted by Gasteiger charge is -2.12. The number of nitrogens with zero attached hydrogens (tertiary/aromatic N) is 2. The van der Waals surface area contributed by atoms with Crippen molar-refractivity contribution < 1.29 is 18.7 Å². The standard InChI is InChI=1S/C19H18FN3O3/c1-11-22-17-7-5-14(25-2)9-15(17)18(23-11)21-10-13-8-12(19(24)26-3)4-6-16(13)20/h4-9H,10H2,1-3H3,(H,21,22,23). The first-order valence-electron chi connectivity index (χ1n) is 7.95. The van der Waals surface area contributed by atoms with Crippen LogP contribution in [-0.2, 0) is 11.3 Å². The van der Waals surface area contributed by atoms with Gasteiger partial charge in [-0.25, -0.2) is 19.2 Å². The summed E-state index contributed by atoms with van der Waals surface area (Å²) in [6.45, 7) is 1.94. The predicted molar refractivity (Wildman–Crippen MR) is 95.9 cm³/mol. The quantitative estimate of drug-likeness (QED) is 0.707. The number of aromatic nitrogens is 2. The molecule has 0 unspecified atom stereocenters. The second kappa shape index (κ2) is 7.35. The summed E-state index contributed by atoms with van der Waals surface area (Å²) in [5.74, 6) is 0.896. The maximum atomic E-state index is 14.1. The Morgan fingerprint density at radius 3 is 2.69 bits per heavy atom. The molecule has 0 bridgehead atoms. The molecule has 0 aliphatic rings. The minimum atomic E-state index is -0.515. The molecule has 3 rings (SSSR count). The molecule has 0 radical (unpaired) electrons. The summed E-state index contributed by atoms with van der Waals surface area (Å²) in [6.07, 6.45) is 0. The molecule has 0 amide bonds. The highest BCUT2D eigenvalue weighted by Crippen LogP contribution is 2.26. The predicted octanol–water partition coefficient (Wildman–Crippen LogP) is 3.48. The van der Waals surface area contributed by atoms with Crippen LogP contribution in [0.3, 0.4) is 0 Å². The third-order valence-electron chi connectivity index (χ3n) is 3.93. The SMILES string of the molecule is COC(=O)c1ccc(F)c(CNc2nc(C)nc3ccc(OC)cc23)c1. The molecule has 6 nitrogen and oxygen atoms in total. The van der Waals surface area contributed by atoms with E-state index >= 15 is 0 Å². The van der Waals surface area contributed by atoms with Gasteiger partial charge >= 0.3 is 5.97 Å². The first-order valence-corrected chi connectivity index (χ1v) is 7.95. The van der Waals surface area contributed by atoms with Crippen LogP contribution < -0.4 is 10.1 Å². The van der Waals surface area contributed by atoms with E-state index in [1.165, 1.54) is 25.3 Å². The molecule has 0 saturated heterocycles. The van der Waals surface area contributed by atoms with Crippen LogP contribution in [0.1, 0.15) is 21.7 Å². The molecule has 134 valence electrons. The largest absolute Gasteiger partial charge is 0.497 e. The molecule has 1 N–H and O–H groups in total. The number of esters is 1. The molecule has 3 aromatic rings. The van der Waals surface area contributed by atoms with E-state index in [2.05, 4.69) is 20.0 Å². The Morgan fingerprint density at radius 2 is 1.96 bits per heavy atom. The summed E-state index contributed by atoms with van der Waals surface area (Å²) in [6, 6.07) is 9.57. The van der Waals surface area contributed by atoms with Crippen molar-refractivity contribution in [3.63, 3.8) is 0 Å². The van der Waals surface area contributed by atoms with Crippen molar-refractivity contribution in [2.45, 2.75) is 13.5 Å². The van der Waals surface area contributed by atoms with Gasteiger partial charge in [-0.1, -0.05) is 0 Å².